The van der Waals surface area contributed by atoms with Crippen LogP contribution in [0.5, 0.6) is 11.5 Å². The molecule has 0 atom stereocenters. The fourth-order valence-electron chi connectivity index (χ4n) is 3.90. The number of nitrogens with one attached hydrogen (secondary N) is 3. The minimum absolute atomic E-state index is 0.194. The predicted molar refractivity (Wildman–Crippen MR) is 140 cm³/mol. The van der Waals surface area contributed by atoms with Crippen molar-refractivity contribution >= 4 is 28.4 Å². The van der Waals surface area contributed by atoms with Crippen LogP contribution < -0.4 is 15.4 Å². The minimum Gasteiger partial charge on any atom is -0.508 e. The molecule has 2 amide bonds. The topological polar surface area (TPSA) is 117 Å². The maximum Gasteiger partial charge on any atom is 0.272 e. The van der Waals surface area contributed by atoms with Crippen molar-refractivity contribution in [2.45, 2.75) is 13.0 Å². The molecule has 0 radical (unpaired) electrons. The van der Waals surface area contributed by atoms with Gasteiger partial charge in [0.05, 0.1) is 25.1 Å². The molecule has 37 heavy (non-hydrogen) atoms. The zero-order chi connectivity index (χ0) is 25.6. The zero-order valence-corrected chi connectivity index (χ0v) is 19.9. The second-order valence-corrected chi connectivity index (χ2v) is 8.46. The van der Waals surface area contributed by atoms with Crippen molar-refractivity contribution in [2.24, 2.45) is 0 Å². The molecule has 4 N–H and O–H groups in total. The van der Waals surface area contributed by atoms with Crippen LogP contribution in [0.3, 0.4) is 0 Å². The summed E-state index contributed by atoms with van der Waals surface area (Å²) in [5.74, 6) is 0.581. The van der Waals surface area contributed by atoms with E-state index in [1.807, 2.05) is 36.4 Å². The van der Waals surface area contributed by atoms with E-state index in [1.54, 1.807) is 54.8 Å². The number of ether oxygens (including phenoxy) is 1. The Hall–Kier alpha value is -4.98. The van der Waals surface area contributed by atoms with Gasteiger partial charge in [-0.1, -0.05) is 30.3 Å². The third-order valence-electron chi connectivity index (χ3n) is 5.85. The van der Waals surface area contributed by atoms with Gasteiger partial charge < -0.3 is 29.9 Å². The zero-order valence-electron chi connectivity index (χ0n) is 19.9. The van der Waals surface area contributed by atoms with Crippen LogP contribution in [0.2, 0.25) is 0 Å². The number of aromatic amines is 1. The maximum atomic E-state index is 13.0. The van der Waals surface area contributed by atoms with Gasteiger partial charge in [-0.15, -0.1) is 0 Å². The number of rotatable bonds is 9. The van der Waals surface area contributed by atoms with Crippen molar-refractivity contribution in [3.05, 3.63) is 114 Å². The molecule has 2 heterocycles. The molecule has 0 aliphatic carbocycles. The number of para-hydroxylation sites is 1. The number of benzene rings is 3. The lowest BCUT2D eigenvalue weighted by Crippen LogP contribution is -2.23. The number of amides is 2. The number of hydrogen-bond acceptors (Lipinski definition) is 5. The molecule has 0 saturated carbocycles. The molecule has 0 spiro atoms. The van der Waals surface area contributed by atoms with Crippen molar-refractivity contribution in [2.75, 3.05) is 11.9 Å². The highest BCUT2D eigenvalue weighted by Crippen LogP contribution is 2.28. The lowest BCUT2D eigenvalue weighted by atomic mass is 10.1. The summed E-state index contributed by atoms with van der Waals surface area (Å²) >= 11 is 0. The molecule has 0 fully saturated rings. The number of carbonyl (C=O) groups is 2. The largest absolute Gasteiger partial charge is 0.508 e. The van der Waals surface area contributed by atoms with Crippen LogP contribution in [0.4, 0.5) is 5.69 Å². The van der Waals surface area contributed by atoms with E-state index in [0.29, 0.717) is 41.5 Å². The van der Waals surface area contributed by atoms with E-state index in [0.717, 1.165) is 16.5 Å². The van der Waals surface area contributed by atoms with Crippen LogP contribution in [-0.4, -0.2) is 28.5 Å². The van der Waals surface area contributed by atoms with Gasteiger partial charge in [0.1, 0.15) is 23.0 Å². The summed E-state index contributed by atoms with van der Waals surface area (Å²) < 4.78 is 11.3. The van der Waals surface area contributed by atoms with Gasteiger partial charge >= 0.3 is 0 Å². The number of fused-ring (bicyclic) bond motifs is 1. The summed E-state index contributed by atoms with van der Waals surface area (Å²) in [6.45, 7) is 0.555. The number of aromatic hydroxyl groups is 1. The first kappa shape index (κ1) is 23.7. The predicted octanol–water partition coefficient (Wildman–Crippen LogP) is 5.27. The van der Waals surface area contributed by atoms with Crippen LogP contribution in [0.15, 0.2) is 95.6 Å². The molecule has 8 nitrogen and oxygen atoms in total. The standard InChI is InChI=1S/C29H25N3O5/c33-22-10-7-19(8-11-22)13-15-37-27-17-21(28(34)30-18-23-5-3-14-36-23)9-12-25(27)32-29(35)26-16-20-4-1-2-6-24(20)31-26/h1-12,14,16-17,31,33H,13,15,18H2,(H,30,34)(H,32,35). The molecular formula is C29H25N3O5. The Bertz CT molecular complexity index is 1490. The monoisotopic (exact) mass is 495 g/mol. The van der Waals surface area contributed by atoms with Crippen LogP contribution >= 0.6 is 0 Å². The average Bonchev–Trinajstić information content (AvgIpc) is 3.59. The normalized spacial score (nSPS) is 10.8. The number of anilines is 1. The van der Waals surface area contributed by atoms with Crippen molar-refractivity contribution in [1.29, 1.82) is 0 Å². The molecule has 5 aromatic rings. The van der Waals surface area contributed by atoms with Crippen LogP contribution in [0, 0.1) is 0 Å². The fraction of sp³-hybridized carbons (Fsp3) is 0.103. The number of carbonyl (C=O) groups excluding carboxylic acids is 2. The van der Waals surface area contributed by atoms with Gasteiger partial charge in [0, 0.05) is 22.9 Å². The summed E-state index contributed by atoms with van der Waals surface area (Å²) in [5.41, 5.74) is 3.08. The third kappa shape index (κ3) is 5.82. The Kier molecular flexibility index (Phi) is 6.89. The molecule has 0 saturated heterocycles. The van der Waals surface area contributed by atoms with Crippen LogP contribution in [0.1, 0.15) is 32.2 Å². The van der Waals surface area contributed by atoms with E-state index < -0.39 is 0 Å². The van der Waals surface area contributed by atoms with Crippen LogP contribution in [0.25, 0.3) is 10.9 Å². The summed E-state index contributed by atoms with van der Waals surface area (Å²) in [7, 11) is 0. The van der Waals surface area contributed by atoms with E-state index >= 15 is 0 Å². The SMILES string of the molecule is O=C(NCc1ccco1)c1ccc(NC(=O)c2cc3ccccc3[nH]2)c(OCCc2ccc(O)cc2)c1. The molecule has 0 bridgehead atoms. The summed E-state index contributed by atoms with van der Waals surface area (Å²) in [5, 5.41) is 16.1. The first-order valence-electron chi connectivity index (χ1n) is 11.8. The first-order chi connectivity index (χ1) is 18.0. The van der Waals surface area contributed by atoms with E-state index in [4.69, 9.17) is 9.15 Å². The molecule has 3 aromatic carbocycles. The maximum absolute atomic E-state index is 13.0. The van der Waals surface area contributed by atoms with Gasteiger partial charge in [-0.25, -0.2) is 0 Å². The Balaban J connectivity index is 1.33. The van der Waals surface area contributed by atoms with E-state index in [2.05, 4.69) is 15.6 Å². The lowest BCUT2D eigenvalue weighted by molar-refractivity contribution is 0.0947. The van der Waals surface area contributed by atoms with Crippen molar-refractivity contribution in [3.63, 3.8) is 0 Å². The Labute approximate surface area is 212 Å². The van der Waals surface area contributed by atoms with Gasteiger partial charge in [0.15, 0.2) is 0 Å². The van der Waals surface area contributed by atoms with Gasteiger partial charge in [0.25, 0.3) is 11.8 Å². The fourth-order valence-corrected chi connectivity index (χ4v) is 3.90. The molecule has 0 aliphatic rings. The molecule has 5 rings (SSSR count). The molecular weight excluding hydrogens is 470 g/mol. The second-order valence-electron chi connectivity index (χ2n) is 8.46. The number of hydrogen-bond donors (Lipinski definition) is 4. The van der Waals surface area contributed by atoms with Crippen molar-refractivity contribution in [3.8, 4) is 11.5 Å². The molecule has 8 heteroatoms. The lowest BCUT2D eigenvalue weighted by Gasteiger charge is -2.14. The van der Waals surface area contributed by atoms with E-state index in [-0.39, 0.29) is 24.1 Å². The summed E-state index contributed by atoms with van der Waals surface area (Å²) in [4.78, 5) is 28.9. The molecule has 0 unspecified atom stereocenters. The van der Waals surface area contributed by atoms with E-state index in [1.165, 1.54) is 0 Å². The van der Waals surface area contributed by atoms with Crippen molar-refractivity contribution < 1.29 is 23.8 Å². The Morgan fingerprint density at radius 1 is 0.919 bits per heavy atom. The smallest absolute Gasteiger partial charge is 0.272 e. The van der Waals surface area contributed by atoms with Gasteiger partial charge in [0.2, 0.25) is 0 Å². The molecule has 0 aliphatic heterocycles. The first-order valence-corrected chi connectivity index (χ1v) is 11.8. The molecule has 186 valence electrons. The number of furan rings is 1. The summed E-state index contributed by atoms with van der Waals surface area (Å²) in [6.07, 6.45) is 2.12. The number of H-pyrrole nitrogens is 1. The van der Waals surface area contributed by atoms with Gasteiger partial charge in [-0.2, -0.15) is 0 Å². The number of phenolic OH excluding ortho intramolecular Hbond substituents is 1. The average molecular weight is 496 g/mol. The Morgan fingerprint density at radius 2 is 1.76 bits per heavy atom. The van der Waals surface area contributed by atoms with Crippen molar-refractivity contribution in [1.82, 2.24) is 10.3 Å². The third-order valence-corrected chi connectivity index (χ3v) is 5.85. The molecule has 2 aromatic heterocycles. The van der Waals surface area contributed by atoms with Gasteiger partial charge in [-0.3, -0.25) is 9.59 Å². The van der Waals surface area contributed by atoms with Crippen LogP contribution in [-0.2, 0) is 13.0 Å². The Morgan fingerprint density at radius 3 is 2.54 bits per heavy atom. The highest BCUT2D eigenvalue weighted by Gasteiger charge is 2.16. The van der Waals surface area contributed by atoms with Gasteiger partial charge in [-0.05, 0) is 60.2 Å². The second kappa shape index (κ2) is 10.7. The number of aromatic nitrogens is 1. The minimum atomic E-state index is -0.324. The number of phenols is 1. The highest BCUT2D eigenvalue weighted by atomic mass is 16.5. The van der Waals surface area contributed by atoms with E-state index in [9.17, 15) is 14.7 Å². The quantitative estimate of drug-likeness (QED) is 0.222. The summed E-state index contributed by atoms with van der Waals surface area (Å²) in [6, 6.07) is 24.7. The highest BCUT2D eigenvalue weighted by molar-refractivity contribution is 6.07.